The van der Waals surface area contributed by atoms with Crippen LogP contribution in [0.3, 0.4) is 0 Å². The quantitative estimate of drug-likeness (QED) is 0.585. The van der Waals surface area contributed by atoms with E-state index in [0.717, 1.165) is 10.1 Å². The number of hydrogen-bond donors (Lipinski definition) is 1. The molecule has 0 saturated carbocycles. The average molecular weight is 400 g/mol. The fraction of sp³-hybridized carbons (Fsp3) is 0.0625. The molecule has 8 heteroatoms. The molecule has 0 unspecified atom stereocenters. The van der Waals surface area contributed by atoms with Crippen LogP contribution < -0.4 is 5.56 Å². The molecule has 0 aliphatic heterocycles. The zero-order valence-electron chi connectivity index (χ0n) is 12.2. The zero-order valence-corrected chi connectivity index (χ0v) is 15.3. The third-order valence-electron chi connectivity index (χ3n) is 3.55. The normalized spacial score (nSPS) is 11.0. The van der Waals surface area contributed by atoms with Crippen LogP contribution in [0.15, 0.2) is 35.1 Å². The third-order valence-corrected chi connectivity index (χ3v) is 4.75. The number of aromatic nitrogens is 2. The molecule has 0 bridgehead atoms. The molecule has 3 rings (SSSR count). The highest BCUT2D eigenvalue weighted by Crippen LogP contribution is 2.24. The fourth-order valence-corrected chi connectivity index (χ4v) is 3.27. The highest BCUT2D eigenvalue weighted by atomic mass is 35.5. The SMILES string of the molecule is Cc1ccc(C(=O)n2c(=S)[nH]c3c(Cl)cc(Cl)cc3c2=O)cc1Cl. The van der Waals surface area contributed by atoms with Crippen molar-refractivity contribution in [2.45, 2.75) is 6.92 Å². The van der Waals surface area contributed by atoms with Crippen LogP contribution in [0.2, 0.25) is 15.1 Å². The van der Waals surface area contributed by atoms with Crippen molar-refractivity contribution in [1.29, 1.82) is 0 Å². The van der Waals surface area contributed by atoms with Crippen molar-refractivity contribution in [2.24, 2.45) is 0 Å². The van der Waals surface area contributed by atoms with E-state index < -0.39 is 11.5 Å². The maximum atomic E-state index is 12.7. The van der Waals surface area contributed by atoms with Crippen molar-refractivity contribution in [2.75, 3.05) is 0 Å². The number of aryl methyl sites for hydroxylation is 1. The highest BCUT2D eigenvalue weighted by molar-refractivity contribution is 7.71. The zero-order chi connectivity index (χ0) is 17.6. The van der Waals surface area contributed by atoms with E-state index in [0.29, 0.717) is 10.5 Å². The van der Waals surface area contributed by atoms with Crippen LogP contribution in [0.4, 0.5) is 0 Å². The van der Waals surface area contributed by atoms with Gasteiger partial charge in [0.15, 0.2) is 4.77 Å². The lowest BCUT2D eigenvalue weighted by molar-refractivity contribution is 0.0953. The molecule has 0 aliphatic carbocycles. The van der Waals surface area contributed by atoms with E-state index in [-0.39, 0.29) is 25.8 Å². The van der Waals surface area contributed by atoms with Crippen LogP contribution in [0.5, 0.6) is 0 Å². The van der Waals surface area contributed by atoms with Crippen molar-refractivity contribution in [1.82, 2.24) is 9.55 Å². The first kappa shape index (κ1) is 17.2. The molecule has 0 saturated heterocycles. The van der Waals surface area contributed by atoms with Crippen molar-refractivity contribution in [3.05, 3.63) is 71.7 Å². The largest absolute Gasteiger partial charge is 0.330 e. The Balaban J connectivity index is 2.30. The number of hydrogen-bond acceptors (Lipinski definition) is 3. The molecule has 1 N–H and O–H groups in total. The summed E-state index contributed by atoms with van der Waals surface area (Å²) in [5.74, 6) is -0.582. The minimum atomic E-state index is -0.597. The van der Waals surface area contributed by atoms with Gasteiger partial charge < -0.3 is 4.98 Å². The Labute approximate surface area is 156 Å². The van der Waals surface area contributed by atoms with E-state index in [1.54, 1.807) is 12.1 Å². The van der Waals surface area contributed by atoms with E-state index in [2.05, 4.69) is 4.98 Å². The number of benzene rings is 2. The number of carbonyl (C=O) groups is 1. The van der Waals surface area contributed by atoms with E-state index in [1.165, 1.54) is 18.2 Å². The van der Waals surface area contributed by atoms with Gasteiger partial charge in [-0.1, -0.05) is 40.9 Å². The number of fused-ring (bicyclic) bond motifs is 1. The summed E-state index contributed by atoms with van der Waals surface area (Å²) >= 11 is 23.2. The van der Waals surface area contributed by atoms with Gasteiger partial charge >= 0.3 is 0 Å². The second-order valence-electron chi connectivity index (χ2n) is 5.15. The summed E-state index contributed by atoms with van der Waals surface area (Å²) in [4.78, 5) is 28.2. The molecule has 122 valence electrons. The second kappa shape index (κ2) is 6.33. The lowest BCUT2D eigenvalue weighted by Crippen LogP contribution is -2.29. The molecule has 4 nitrogen and oxygen atoms in total. The molecule has 0 aliphatic rings. The molecular weight excluding hydrogens is 391 g/mol. The smallest absolute Gasteiger partial charge is 0.269 e. The van der Waals surface area contributed by atoms with Crippen LogP contribution in [0.1, 0.15) is 15.9 Å². The Morgan fingerprint density at radius 3 is 2.50 bits per heavy atom. The molecule has 2 aromatic carbocycles. The maximum absolute atomic E-state index is 12.7. The summed E-state index contributed by atoms with van der Waals surface area (Å²) in [6, 6.07) is 7.70. The molecule has 0 radical (unpaired) electrons. The molecule has 0 fully saturated rings. The Bertz CT molecular complexity index is 1120. The van der Waals surface area contributed by atoms with Crippen LogP contribution in [0, 0.1) is 11.7 Å². The van der Waals surface area contributed by atoms with Crippen LogP contribution in [0.25, 0.3) is 10.9 Å². The molecular formula is C16H9Cl3N2O2S. The molecule has 3 aromatic rings. The number of rotatable bonds is 1. The average Bonchev–Trinajstić information content (AvgIpc) is 2.51. The van der Waals surface area contributed by atoms with Gasteiger partial charge in [0.1, 0.15) is 0 Å². The predicted octanol–water partition coefficient (Wildman–Crippen LogP) is 5.02. The van der Waals surface area contributed by atoms with Crippen molar-refractivity contribution in [3.8, 4) is 0 Å². The minimum absolute atomic E-state index is 0.0570. The van der Waals surface area contributed by atoms with Crippen LogP contribution >= 0.6 is 47.0 Å². The summed E-state index contributed by atoms with van der Waals surface area (Å²) in [7, 11) is 0. The Morgan fingerprint density at radius 1 is 1.12 bits per heavy atom. The lowest BCUT2D eigenvalue weighted by Gasteiger charge is -2.09. The van der Waals surface area contributed by atoms with Gasteiger partial charge in [-0.3, -0.25) is 9.59 Å². The van der Waals surface area contributed by atoms with Crippen LogP contribution in [-0.4, -0.2) is 15.5 Å². The standard InChI is InChI=1S/C16H9Cl3N2O2S/c1-7-2-3-8(4-11(7)18)14(22)21-15(23)10-5-9(17)6-12(19)13(10)20-16(21)24/h2-6H,1H3,(H,20,24). The van der Waals surface area contributed by atoms with Gasteiger partial charge in [0.25, 0.3) is 11.5 Å². The van der Waals surface area contributed by atoms with E-state index in [4.69, 9.17) is 47.0 Å². The second-order valence-corrected chi connectivity index (χ2v) is 6.79. The van der Waals surface area contributed by atoms with Crippen molar-refractivity contribution in [3.63, 3.8) is 0 Å². The summed E-state index contributed by atoms with van der Waals surface area (Å²) in [6.07, 6.45) is 0. The first-order valence-electron chi connectivity index (χ1n) is 6.74. The highest BCUT2D eigenvalue weighted by Gasteiger charge is 2.17. The summed E-state index contributed by atoms with van der Waals surface area (Å²) in [6.45, 7) is 1.81. The lowest BCUT2D eigenvalue weighted by atomic mass is 10.1. The monoisotopic (exact) mass is 398 g/mol. The molecule has 1 aromatic heterocycles. The van der Waals surface area contributed by atoms with Gasteiger partial charge in [0.2, 0.25) is 0 Å². The van der Waals surface area contributed by atoms with Crippen LogP contribution in [-0.2, 0) is 0 Å². The minimum Gasteiger partial charge on any atom is -0.330 e. The number of carbonyl (C=O) groups excluding carboxylic acids is 1. The van der Waals surface area contributed by atoms with Gasteiger partial charge in [-0.25, -0.2) is 4.57 Å². The van der Waals surface area contributed by atoms with Crippen molar-refractivity contribution < 1.29 is 4.79 Å². The van der Waals surface area contributed by atoms with E-state index in [1.807, 2.05) is 6.92 Å². The Kier molecular flexibility index (Phi) is 4.53. The maximum Gasteiger partial charge on any atom is 0.269 e. The number of halogens is 3. The third kappa shape index (κ3) is 2.89. The first-order valence-corrected chi connectivity index (χ1v) is 8.29. The summed E-state index contributed by atoms with van der Waals surface area (Å²) in [5.41, 5.74) is 0.810. The van der Waals surface area contributed by atoms with E-state index in [9.17, 15) is 9.59 Å². The Morgan fingerprint density at radius 2 is 1.83 bits per heavy atom. The molecule has 1 heterocycles. The number of nitrogens with zero attached hydrogens (tertiary/aromatic N) is 1. The van der Waals surface area contributed by atoms with Gasteiger partial charge in [0, 0.05) is 15.6 Å². The summed E-state index contributed by atoms with van der Waals surface area (Å²) in [5, 5.41) is 1.13. The first-order chi connectivity index (χ1) is 11.3. The number of nitrogens with one attached hydrogen (secondary N) is 1. The molecule has 0 amide bonds. The predicted molar refractivity (Wildman–Crippen MR) is 99.3 cm³/mol. The van der Waals surface area contributed by atoms with E-state index >= 15 is 0 Å². The van der Waals surface area contributed by atoms with Crippen molar-refractivity contribution >= 4 is 63.8 Å². The van der Waals surface area contributed by atoms with Gasteiger partial charge in [-0.15, -0.1) is 0 Å². The van der Waals surface area contributed by atoms with Gasteiger partial charge in [0.05, 0.1) is 15.9 Å². The van der Waals surface area contributed by atoms with Gasteiger partial charge in [-0.05, 0) is 49.0 Å². The number of H-pyrrole nitrogens is 1. The Hall–Kier alpha value is -1.66. The fourth-order valence-electron chi connectivity index (χ4n) is 2.28. The molecule has 0 spiro atoms. The molecule has 24 heavy (non-hydrogen) atoms. The summed E-state index contributed by atoms with van der Waals surface area (Å²) < 4.78 is 0.809. The molecule has 0 atom stereocenters. The number of aromatic amines is 1. The van der Waals surface area contributed by atoms with Gasteiger partial charge in [-0.2, -0.15) is 0 Å². The topological polar surface area (TPSA) is 54.9 Å².